The average molecular weight is 917 g/mol. The third kappa shape index (κ3) is 51.3. The van der Waals surface area contributed by atoms with Gasteiger partial charge in [0.15, 0.2) is 6.10 Å². The van der Waals surface area contributed by atoms with Crippen LogP contribution in [0, 0.1) is 0 Å². The highest BCUT2D eigenvalue weighted by Crippen LogP contribution is 2.15. The van der Waals surface area contributed by atoms with Crippen molar-refractivity contribution in [1.29, 1.82) is 0 Å². The summed E-state index contributed by atoms with van der Waals surface area (Å²) in [5.41, 5.74) is 0. The van der Waals surface area contributed by atoms with E-state index >= 15 is 0 Å². The summed E-state index contributed by atoms with van der Waals surface area (Å²) in [6.45, 7) is 6.37. The highest BCUT2D eigenvalue weighted by atomic mass is 16.6. The van der Waals surface area contributed by atoms with E-state index in [1.54, 1.807) is 0 Å². The van der Waals surface area contributed by atoms with Crippen molar-refractivity contribution in [3.05, 3.63) is 97.2 Å². The second-order valence-electron chi connectivity index (χ2n) is 17.7. The lowest BCUT2D eigenvalue weighted by Crippen LogP contribution is -2.30. The van der Waals surface area contributed by atoms with E-state index in [1.807, 2.05) is 0 Å². The van der Waals surface area contributed by atoms with Crippen LogP contribution in [0.15, 0.2) is 97.2 Å². The summed E-state index contributed by atoms with van der Waals surface area (Å²) >= 11 is 0. The number of esters is 3. The standard InChI is InChI=1S/C60H100O6/c1-4-7-10-13-16-19-22-25-27-28-29-30-31-32-33-36-38-41-44-47-50-53-59(62)65-56-57(55-64-58(61)52-49-46-43-40-37-34-24-21-18-15-12-9-6-3)66-60(63)54-51-48-45-42-39-35-26-23-20-17-14-11-8-5-2/h7,9-10,12,16,18-19,21,25,27,29-30,32-34,37,57H,4-6,8,11,13-15,17,20,22-24,26,28,31,35-36,38-56H2,1-3H3/b10-7-,12-9-,19-16-,21-18-,27-25-,30-29-,33-32-,37-34-. The van der Waals surface area contributed by atoms with Gasteiger partial charge in [-0.15, -0.1) is 0 Å². The first-order valence-electron chi connectivity index (χ1n) is 27.2. The van der Waals surface area contributed by atoms with E-state index in [2.05, 4.69) is 118 Å². The van der Waals surface area contributed by atoms with Crippen LogP contribution in [0.4, 0.5) is 0 Å². The maximum atomic E-state index is 12.8. The van der Waals surface area contributed by atoms with Crippen molar-refractivity contribution in [1.82, 2.24) is 0 Å². The van der Waals surface area contributed by atoms with Gasteiger partial charge in [-0.3, -0.25) is 14.4 Å². The van der Waals surface area contributed by atoms with Gasteiger partial charge in [0.2, 0.25) is 0 Å². The van der Waals surface area contributed by atoms with Crippen LogP contribution in [0.5, 0.6) is 0 Å². The van der Waals surface area contributed by atoms with E-state index in [9.17, 15) is 14.4 Å². The van der Waals surface area contributed by atoms with Crippen molar-refractivity contribution in [2.75, 3.05) is 13.2 Å². The normalized spacial score (nSPS) is 12.8. The van der Waals surface area contributed by atoms with Gasteiger partial charge in [-0.1, -0.05) is 227 Å². The minimum Gasteiger partial charge on any atom is -0.462 e. The summed E-state index contributed by atoms with van der Waals surface area (Å²) in [7, 11) is 0. The van der Waals surface area contributed by atoms with Gasteiger partial charge in [0.05, 0.1) is 0 Å². The molecular weight excluding hydrogens is 817 g/mol. The molecule has 0 saturated carbocycles. The van der Waals surface area contributed by atoms with Gasteiger partial charge < -0.3 is 14.2 Å². The van der Waals surface area contributed by atoms with Crippen LogP contribution in [-0.4, -0.2) is 37.2 Å². The van der Waals surface area contributed by atoms with Crippen molar-refractivity contribution in [2.24, 2.45) is 0 Å². The molecule has 0 aliphatic rings. The van der Waals surface area contributed by atoms with Gasteiger partial charge in [0.1, 0.15) is 13.2 Å². The molecule has 0 heterocycles. The Morgan fingerprint density at radius 1 is 0.318 bits per heavy atom. The molecule has 66 heavy (non-hydrogen) atoms. The predicted octanol–water partition coefficient (Wildman–Crippen LogP) is 18.1. The van der Waals surface area contributed by atoms with Crippen LogP contribution < -0.4 is 0 Å². The smallest absolute Gasteiger partial charge is 0.306 e. The molecule has 0 aliphatic carbocycles. The highest BCUT2D eigenvalue weighted by molar-refractivity contribution is 5.71. The van der Waals surface area contributed by atoms with Crippen molar-refractivity contribution in [3.63, 3.8) is 0 Å². The fraction of sp³-hybridized carbons (Fsp3) is 0.683. The zero-order valence-corrected chi connectivity index (χ0v) is 42.9. The van der Waals surface area contributed by atoms with Crippen molar-refractivity contribution in [2.45, 2.75) is 252 Å². The molecule has 0 spiro atoms. The van der Waals surface area contributed by atoms with Crippen molar-refractivity contribution < 1.29 is 28.6 Å². The van der Waals surface area contributed by atoms with Gasteiger partial charge >= 0.3 is 17.9 Å². The second kappa shape index (κ2) is 53.9. The summed E-state index contributed by atoms with van der Waals surface area (Å²) < 4.78 is 16.8. The average Bonchev–Trinajstić information content (AvgIpc) is 3.31. The largest absolute Gasteiger partial charge is 0.462 e. The molecule has 0 N–H and O–H groups in total. The summed E-state index contributed by atoms with van der Waals surface area (Å²) in [5.74, 6) is -0.941. The highest BCUT2D eigenvalue weighted by Gasteiger charge is 2.19. The van der Waals surface area contributed by atoms with Gasteiger partial charge in [-0.25, -0.2) is 0 Å². The number of unbranched alkanes of at least 4 members (excludes halogenated alkanes) is 21. The zero-order chi connectivity index (χ0) is 47.9. The Kier molecular flexibility index (Phi) is 50.9. The van der Waals surface area contributed by atoms with E-state index in [1.165, 1.54) is 70.6 Å². The second-order valence-corrected chi connectivity index (χ2v) is 17.7. The molecule has 0 fully saturated rings. The summed E-state index contributed by atoms with van der Waals surface area (Å²) in [4.78, 5) is 38.0. The predicted molar refractivity (Wildman–Crippen MR) is 284 cm³/mol. The Bertz CT molecular complexity index is 1330. The molecule has 0 bridgehead atoms. The third-order valence-corrected chi connectivity index (χ3v) is 11.3. The molecule has 0 amide bonds. The van der Waals surface area contributed by atoms with Crippen molar-refractivity contribution >= 4 is 17.9 Å². The Hall–Kier alpha value is -3.67. The number of allylic oxidation sites excluding steroid dienone is 16. The number of hydrogen-bond acceptors (Lipinski definition) is 6. The molecule has 0 aromatic rings. The minimum atomic E-state index is -0.796. The fourth-order valence-corrected chi connectivity index (χ4v) is 7.31. The van der Waals surface area contributed by atoms with E-state index in [0.29, 0.717) is 19.3 Å². The number of hydrogen-bond donors (Lipinski definition) is 0. The number of ether oxygens (including phenoxy) is 3. The lowest BCUT2D eigenvalue weighted by Gasteiger charge is -2.18. The first-order valence-corrected chi connectivity index (χ1v) is 27.2. The number of carbonyl (C=O) groups is 3. The van der Waals surface area contributed by atoms with Gasteiger partial charge in [-0.05, 0) is 96.3 Å². The van der Waals surface area contributed by atoms with E-state index in [0.717, 1.165) is 135 Å². The van der Waals surface area contributed by atoms with Crippen LogP contribution in [0.3, 0.4) is 0 Å². The number of rotatable bonds is 48. The maximum absolute atomic E-state index is 12.8. The third-order valence-electron chi connectivity index (χ3n) is 11.3. The fourth-order valence-electron chi connectivity index (χ4n) is 7.31. The Morgan fingerprint density at radius 2 is 0.591 bits per heavy atom. The summed E-state index contributed by atoms with van der Waals surface area (Å²) in [6, 6.07) is 0. The van der Waals surface area contributed by atoms with Crippen LogP contribution >= 0.6 is 0 Å². The monoisotopic (exact) mass is 917 g/mol. The van der Waals surface area contributed by atoms with Gasteiger partial charge in [0, 0.05) is 19.3 Å². The molecule has 0 aromatic carbocycles. The van der Waals surface area contributed by atoms with E-state index in [-0.39, 0.29) is 31.1 Å². The molecule has 6 heteroatoms. The molecule has 6 nitrogen and oxygen atoms in total. The van der Waals surface area contributed by atoms with Crippen LogP contribution in [0.1, 0.15) is 245 Å². The van der Waals surface area contributed by atoms with Crippen LogP contribution in [0.2, 0.25) is 0 Å². The Morgan fingerprint density at radius 3 is 0.939 bits per heavy atom. The van der Waals surface area contributed by atoms with Crippen LogP contribution in [0.25, 0.3) is 0 Å². The maximum Gasteiger partial charge on any atom is 0.306 e. The molecule has 0 saturated heterocycles. The minimum absolute atomic E-state index is 0.0964. The molecule has 0 aliphatic heterocycles. The topological polar surface area (TPSA) is 78.9 Å². The Labute approximate surface area is 407 Å². The van der Waals surface area contributed by atoms with Gasteiger partial charge in [-0.2, -0.15) is 0 Å². The zero-order valence-electron chi connectivity index (χ0n) is 42.9. The Balaban J connectivity index is 4.42. The molecule has 0 radical (unpaired) electrons. The molecule has 1 atom stereocenters. The quantitative estimate of drug-likeness (QED) is 0.0262. The van der Waals surface area contributed by atoms with E-state index in [4.69, 9.17) is 14.2 Å². The van der Waals surface area contributed by atoms with Crippen LogP contribution in [-0.2, 0) is 28.6 Å². The lowest BCUT2D eigenvalue weighted by molar-refractivity contribution is -0.167. The first kappa shape index (κ1) is 62.3. The molecular formula is C60H100O6. The number of carbonyl (C=O) groups excluding carboxylic acids is 3. The SMILES string of the molecule is CC/C=C\C/C=C\C/C=C\C/C=C\C/C=C\CCCCCCCC(=O)OCC(COC(=O)CCCCC/C=C\C/C=C\C/C=C\CC)OC(=O)CCCCCCCCCCCCCCCC. The van der Waals surface area contributed by atoms with E-state index < -0.39 is 6.10 Å². The first-order chi connectivity index (χ1) is 32.5. The summed E-state index contributed by atoms with van der Waals surface area (Å²) in [6.07, 6.45) is 71.1. The molecule has 1 unspecified atom stereocenters. The molecule has 0 aromatic heterocycles. The molecule has 376 valence electrons. The molecule has 0 rings (SSSR count). The lowest BCUT2D eigenvalue weighted by atomic mass is 10.0. The summed E-state index contributed by atoms with van der Waals surface area (Å²) in [5, 5.41) is 0. The van der Waals surface area contributed by atoms with Gasteiger partial charge in [0.25, 0.3) is 0 Å². The van der Waals surface area contributed by atoms with Crippen molar-refractivity contribution in [3.8, 4) is 0 Å².